The average molecular weight is 436 g/mol. The van der Waals surface area contributed by atoms with Crippen molar-refractivity contribution in [3.8, 4) is 16.9 Å². The van der Waals surface area contributed by atoms with E-state index in [1.807, 2.05) is 0 Å². The van der Waals surface area contributed by atoms with E-state index in [9.17, 15) is 17.6 Å². The molecule has 0 aliphatic heterocycles. The second-order valence-corrected chi connectivity index (χ2v) is 6.72. The van der Waals surface area contributed by atoms with Gasteiger partial charge in [0.05, 0.1) is 22.8 Å². The summed E-state index contributed by atoms with van der Waals surface area (Å²) < 4.78 is 56.9. The third kappa shape index (κ3) is 3.21. The van der Waals surface area contributed by atoms with Gasteiger partial charge >= 0.3 is 6.18 Å². The molecule has 8 heteroatoms. The number of para-hydroxylation sites is 1. The standard InChI is InChI=1S/C19H10BrF4N3/c20-12-7-5-11(6-8-12)16-9-14(19(22,23)24)13-10-25-27(18(13)26-16)17-4-2-1-3-15(17)21/h1-10H. The summed E-state index contributed by atoms with van der Waals surface area (Å²) in [5.41, 5.74) is -0.269. The number of fused-ring (bicyclic) bond motifs is 1. The number of pyridine rings is 1. The van der Waals surface area contributed by atoms with Crippen molar-refractivity contribution in [3.63, 3.8) is 0 Å². The molecule has 0 unspecified atom stereocenters. The lowest BCUT2D eigenvalue weighted by molar-refractivity contribution is -0.136. The fourth-order valence-electron chi connectivity index (χ4n) is 2.80. The Kier molecular flexibility index (Phi) is 4.22. The van der Waals surface area contributed by atoms with Crippen LogP contribution in [0.25, 0.3) is 28.0 Å². The van der Waals surface area contributed by atoms with Crippen LogP contribution in [0.4, 0.5) is 17.6 Å². The summed E-state index contributed by atoms with van der Waals surface area (Å²) in [7, 11) is 0. The lowest BCUT2D eigenvalue weighted by atomic mass is 10.1. The summed E-state index contributed by atoms with van der Waals surface area (Å²) in [4.78, 5) is 4.35. The van der Waals surface area contributed by atoms with Crippen LogP contribution in [0.15, 0.2) is 65.3 Å². The first-order valence-electron chi connectivity index (χ1n) is 7.81. The number of benzene rings is 2. The average Bonchev–Trinajstić information content (AvgIpc) is 3.05. The molecule has 0 N–H and O–H groups in total. The van der Waals surface area contributed by atoms with Crippen molar-refractivity contribution in [2.24, 2.45) is 0 Å². The summed E-state index contributed by atoms with van der Waals surface area (Å²) in [6.07, 6.45) is -3.54. The molecule has 0 saturated heterocycles. The molecule has 2 aromatic carbocycles. The van der Waals surface area contributed by atoms with E-state index in [1.165, 1.54) is 18.2 Å². The lowest BCUT2D eigenvalue weighted by Crippen LogP contribution is -2.08. The maximum Gasteiger partial charge on any atom is 0.417 e. The van der Waals surface area contributed by atoms with Crippen LogP contribution in [0.3, 0.4) is 0 Å². The highest BCUT2D eigenvalue weighted by atomic mass is 79.9. The molecule has 4 rings (SSSR count). The number of hydrogen-bond acceptors (Lipinski definition) is 2. The van der Waals surface area contributed by atoms with Crippen molar-refractivity contribution in [1.82, 2.24) is 14.8 Å². The normalized spacial score (nSPS) is 11.9. The van der Waals surface area contributed by atoms with Crippen LogP contribution in [0.1, 0.15) is 5.56 Å². The van der Waals surface area contributed by atoms with Gasteiger partial charge in [0.15, 0.2) is 5.65 Å². The summed E-state index contributed by atoms with van der Waals surface area (Å²) in [5.74, 6) is -0.605. The summed E-state index contributed by atoms with van der Waals surface area (Å²) in [6.45, 7) is 0. The van der Waals surface area contributed by atoms with E-state index >= 15 is 0 Å². The summed E-state index contributed by atoms with van der Waals surface area (Å²) >= 11 is 3.29. The molecule has 0 bridgehead atoms. The van der Waals surface area contributed by atoms with Crippen LogP contribution in [-0.4, -0.2) is 14.8 Å². The highest BCUT2D eigenvalue weighted by Crippen LogP contribution is 2.37. The van der Waals surface area contributed by atoms with Crippen LogP contribution in [-0.2, 0) is 6.18 Å². The predicted octanol–water partition coefficient (Wildman–Crippen LogP) is 6.01. The van der Waals surface area contributed by atoms with Crippen molar-refractivity contribution < 1.29 is 17.6 Å². The Bertz CT molecular complexity index is 1130. The minimum atomic E-state index is -4.60. The molecule has 0 fully saturated rings. The van der Waals surface area contributed by atoms with Gasteiger partial charge in [0.2, 0.25) is 0 Å². The lowest BCUT2D eigenvalue weighted by Gasteiger charge is -2.11. The molecule has 0 spiro atoms. The van der Waals surface area contributed by atoms with E-state index in [2.05, 4.69) is 26.0 Å². The van der Waals surface area contributed by atoms with Gasteiger partial charge in [0, 0.05) is 10.0 Å². The predicted molar refractivity (Wildman–Crippen MR) is 97.0 cm³/mol. The third-order valence-corrected chi connectivity index (χ3v) is 4.60. The fourth-order valence-corrected chi connectivity index (χ4v) is 3.07. The quantitative estimate of drug-likeness (QED) is 0.361. The second-order valence-electron chi connectivity index (χ2n) is 5.80. The molecule has 0 aliphatic rings. The zero-order valence-corrected chi connectivity index (χ0v) is 15.1. The van der Waals surface area contributed by atoms with Gasteiger partial charge in [-0.2, -0.15) is 18.3 Å². The number of halogens is 5. The molecular formula is C19H10BrF4N3. The number of rotatable bonds is 2. The summed E-state index contributed by atoms with van der Waals surface area (Å²) in [6, 6.07) is 13.4. The van der Waals surface area contributed by atoms with Crippen molar-refractivity contribution >= 4 is 27.0 Å². The highest BCUT2D eigenvalue weighted by molar-refractivity contribution is 9.10. The largest absolute Gasteiger partial charge is 0.417 e. The van der Waals surface area contributed by atoms with E-state index in [1.54, 1.807) is 30.3 Å². The first kappa shape index (κ1) is 17.7. The van der Waals surface area contributed by atoms with Gasteiger partial charge in [-0.15, -0.1) is 0 Å². The van der Waals surface area contributed by atoms with Gasteiger partial charge in [-0.05, 0) is 30.3 Å². The molecule has 3 nitrogen and oxygen atoms in total. The van der Waals surface area contributed by atoms with Crippen LogP contribution in [0, 0.1) is 5.82 Å². The number of hydrogen-bond donors (Lipinski definition) is 0. The zero-order chi connectivity index (χ0) is 19.2. The fraction of sp³-hybridized carbons (Fsp3) is 0.0526. The molecule has 0 saturated carbocycles. The minimum Gasteiger partial charge on any atom is -0.228 e. The Morgan fingerprint density at radius 2 is 1.67 bits per heavy atom. The molecular weight excluding hydrogens is 426 g/mol. The van der Waals surface area contributed by atoms with Crippen molar-refractivity contribution in [2.75, 3.05) is 0 Å². The number of alkyl halides is 3. The molecule has 0 atom stereocenters. The molecule has 27 heavy (non-hydrogen) atoms. The van der Waals surface area contributed by atoms with E-state index < -0.39 is 17.6 Å². The van der Waals surface area contributed by atoms with E-state index in [-0.39, 0.29) is 22.4 Å². The Hall–Kier alpha value is -2.74. The van der Waals surface area contributed by atoms with Gasteiger partial charge in [-0.25, -0.2) is 14.1 Å². The first-order chi connectivity index (χ1) is 12.8. The maximum atomic E-state index is 14.2. The molecule has 136 valence electrons. The topological polar surface area (TPSA) is 30.7 Å². The van der Waals surface area contributed by atoms with Gasteiger partial charge in [-0.1, -0.05) is 40.2 Å². The Balaban J connectivity index is 2.03. The van der Waals surface area contributed by atoms with Crippen LogP contribution in [0.5, 0.6) is 0 Å². The number of aromatic nitrogens is 3. The van der Waals surface area contributed by atoms with Crippen LogP contribution < -0.4 is 0 Å². The molecule has 2 aromatic heterocycles. The van der Waals surface area contributed by atoms with Gasteiger partial charge < -0.3 is 0 Å². The van der Waals surface area contributed by atoms with Gasteiger partial charge in [0.25, 0.3) is 0 Å². The van der Waals surface area contributed by atoms with E-state index in [0.717, 1.165) is 21.4 Å². The molecule has 0 amide bonds. The molecule has 0 radical (unpaired) electrons. The zero-order valence-electron chi connectivity index (χ0n) is 13.5. The molecule has 2 heterocycles. The van der Waals surface area contributed by atoms with Crippen LogP contribution >= 0.6 is 15.9 Å². The monoisotopic (exact) mass is 435 g/mol. The smallest absolute Gasteiger partial charge is 0.228 e. The Morgan fingerprint density at radius 3 is 2.33 bits per heavy atom. The maximum absolute atomic E-state index is 14.2. The van der Waals surface area contributed by atoms with E-state index in [0.29, 0.717) is 5.56 Å². The van der Waals surface area contributed by atoms with Crippen molar-refractivity contribution in [3.05, 3.63) is 76.6 Å². The number of nitrogens with zero attached hydrogens (tertiary/aromatic N) is 3. The van der Waals surface area contributed by atoms with Crippen LogP contribution in [0.2, 0.25) is 0 Å². The van der Waals surface area contributed by atoms with Gasteiger partial charge in [-0.3, -0.25) is 0 Å². The van der Waals surface area contributed by atoms with Crippen molar-refractivity contribution in [1.29, 1.82) is 0 Å². The second kappa shape index (κ2) is 6.45. The molecule has 4 aromatic rings. The Morgan fingerprint density at radius 1 is 0.963 bits per heavy atom. The molecule has 0 aliphatic carbocycles. The van der Waals surface area contributed by atoms with Gasteiger partial charge in [0.1, 0.15) is 11.5 Å². The van der Waals surface area contributed by atoms with E-state index in [4.69, 9.17) is 0 Å². The Labute approximate surface area is 159 Å². The minimum absolute atomic E-state index is 0.0288. The van der Waals surface area contributed by atoms with Crippen molar-refractivity contribution in [2.45, 2.75) is 6.18 Å². The first-order valence-corrected chi connectivity index (χ1v) is 8.61. The summed E-state index contributed by atoms with van der Waals surface area (Å²) in [5, 5.41) is 3.77. The highest BCUT2D eigenvalue weighted by Gasteiger charge is 2.35. The third-order valence-electron chi connectivity index (χ3n) is 4.07. The SMILES string of the molecule is Fc1ccccc1-n1ncc2c(C(F)(F)F)cc(-c3ccc(Br)cc3)nc21.